The molecule has 0 saturated carbocycles. The number of ether oxygens (including phenoxy) is 1. The monoisotopic (exact) mass is 407 g/mol. The maximum absolute atomic E-state index is 13.1. The number of carbonyl (C=O) groups is 1. The van der Waals surface area contributed by atoms with Crippen molar-refractivity contribution in [3.05, 3.63) is 11.3 Å². The van der Waals surface area contributed by atoms with Crippen LogP contribution in [0, 0.1) is 5.92 Å². The molecule has 1 amide bonds. The minimum atomic E-state index is -1.89. The van der Waals surface area contributed by atoms with Gasteiger partial charge in [-0.2, -0.15) is 0 Å². The van der Waals surface area contributed by atoms with E-state index in [2.05, 4.69) is 38.8 Å². The minimum absolute atomic E-state index is 0.134. The highest BCUT2D eigenvalue weighted by Crippen LogP contribution is 2.48. The summed E-state index contributed by atoms with van der Waals surface area (Å²) in [6.45, 7) is 17.5. The SMILES string of the molecule is CC(C)(C)OC(=O)N1[C@@H]2CC[C@@H]3CCCC(O[Si](C)(C)C(C)(C)C)=C3[C@H]1CC2. The molecule has 0 spiro atoms. The van der Waals surface area contributed by atoms with Crippen LogP contribution >= 0.6 is 0 Å². The van der Waals surface area contributed by atoms with E-state index < -0.39 is 13.9 Å². The number of fused-ring (bicyclic) bond motifs is 4. The predicted octanol–water partition coefficient (Wildman–Crippen LogP) is 6.62. The lowest BCUT2D eigenvalue weighted by molar-refractivity contribution is 0.0173. The number of nitrogens with zero attached hydrogens (tertiary/aromatic N) is 1. The Labute approximate surface area is 173 Å². The topological polar surface area (TPSA) is 38.8 Å². The fraction of sp³-hybridized carbons (Fsp3) is 0.870. The molecule has 5 heteroatoms. The molecular formula is C23H41NO3Si. The van der Waals surface area contributed by atoms with Gasteiger partial charge in [0.2, 0.25) is 8.32 Å². The highest BCUT2D eigenvalue weighted by Gasteiger charge is 2.48. The van der Waals surface area contributed by atoms with Crippen LogP contribution in [0.2, 0.25) is 18.1 Å². The van der Waals surface area contributed by atoms with Crippen molar-refractivity contribution in [2.45, 2.75) is 122 Å². The maximum atomic E-state index is 13.1. The van der Waals surface area contributed by atoms with Crippen LogP contribution in [0.15, 0.2) is 11.3 Å². The summed E-state index contributed by atoms with van der Waals surface area (Å²) in [5.41, 5.74) is 0.992. The van der Waals surface area contributed by atoms with E-state index >= 15 is 0 Å². The third-order valence-electron chi connectivity index (χ3n) is 7.22. The Morgan fingerprint density at radius 1 is 1.00 bits per heavy atom. The van der Waals surface area contributed by atoms with Gasteiger partial charge in [-0.25, -0.2) is 4.79 Å². The van der Waals surface area contributed by atoms with Gasteiger partial charge in [0.1, 0.15) is 5.60 Å². The number of rotatable bonds is 2. The quantitative estimate of drug-likeness (QED) is 0.483. The molecule has 2 bridgehead atoms. The first kappa shape index (κ1) is 21.7. The van der Waals surface area contributed by atoms with Crippen molar-refractivity contribution in [2.75, 3.05) is 0 Å². The third-order valence-corrected chi connectivity index (χ3v) is 11.6. The second-order valence-corrected chi connectivity index (χ2v) is 16.3. The van der Waals surface area contributed by atoms with E-state index in [1.807, 2.05) is 20.8 Å². The second kappa shape index (κ2) is 7.37. The molecule has 2 saturated heterocycles. The summed E-state index contributed by atoms with van der Waals surface area (Å²) in [6, 6.07) is 0.500. The number of amides is 1. The summed E-state index contributed by atoms with van der Waals surface area (Å²) in [4.78, 5) is 15.2. The smallest absolute Gasteiger partial charge is 0.411 e. The summed E-state index contributed by atoms with van der Waals surface area (Å²) >= 11 is 0. The molecule has 4 nitrogen and oxygen atoms in total. The van der Waals surface area contributed by atoms with Crippen molar-refractivity contribution in [3.8, 4) is 0 Å². The van der Waals surface area contributed by atoms with Crippen molar-refractivity contribution in [2.24, 2.45) is 5.92 Å². The van der Waals surface area contributed by atoms with E-state index in [4.69, 9.17) is 9.16 Å². The summed E-state index contributed by atoms with van der Waals surface area (Å²) in [5, 5.41) is 0.182. The largest absolute Gasteiger partial charge is 0.546 e. The first-order valence-corrected chi connectivity index (χ1v) is 14.1. The number of carbonyl (C=O) groups excluding carboxylic acids is 1. The Kier molecular flexibility index (Phi) is 5.72. The van der Waals surface area contributed by atoms with Gasteiger partial charge in [0.05, 0.1) is 11.8 Å². The Morgan fingerprint density at radius 3 is 2.25 bits per heavy atom. The number of allylic oxidation sites excluding steroid dienone is 1. The molecule has 0 unspecified atom stereocenters. The maximum Gasteiger partial charge on any atom is 0.411 e. The second-order valence-electron chi connectivity index (χ2n) is 11.5. The van der Waals surface area contributed by atoms with E-state index in [0.29, 0.717) is 12.0 Å². The molecule has 2 aliphatic heterocycles. The van der Waals surface area contributed by atoms with Crippen molar-refractivity contribution in [1.82, 2.24) is 4.90 Å². The van der Waals surface area contributed by atoms with Crippen LogP contribution < -0.4 is 0 Å². The molecule has 0 aromatic heterocycles. The van der Waals surface area contributed by atoms with E-state index in [1.165, 1.54) is 30.6 Å². The van der Waals surface area contributed by atoms with Crippen LogP contribution in [0.4, 0.5) is 4.79 Å². The molecule has 1 aliphatic carbocycles. The zero-order valence-electron chi connectivity index (χ0n) is 19.4. The molecule has 160 valence electrons. The van der Waals surface area contributed by atoms with Gasteiger partial charge in [-0.05, 0) is 88.9 Å². The Morgan fingerprint density at radius 2 is 1.64 bits per heavy atom. The van der Waals surface area contributed by atoms with Gasteiger partial charge in [0.15, 0.2) is 0 Å². The summed E-state index contributed by atoms with van der Waals surface area (Å²) in [5.74, 6) is 1.80. The molecule has 0 N–H and O–H groups in total. The minimum Gasteiger partial charge on any atom is -0.546 e. The van der Waals surface area contributed by atoms with Crippen molar-refractivity contribution in [3.63, 3.8) is 0 Å². The molecule has 3 aliphatic rings. The summed E-state index contributed by atoms with van der Waals surface area (Å²) < 4.78 is 12.7. The average molecular weight is 408 g/mol. The molecule has 28 heavy (non-hydrogen) atoms. The third kappa shape index (κ3) is 4.29. The van der Waals surface area contributed by atoms with Gasteiger partial charge in [-0.1, -0.05) is 20.8 Å². The van der Waals surface area contributed by atoms with E-state index in [1.54, 1.807) is 0 Å². The molecule has 3 rings (SSSR count). The molecule has 2 heterocycles. The van der Waals surface area contributed by atoms with Crippen LogP contribution in [0.1, 0.15) is 86.5 Å². The van der Waals surface area contributed by atoms with Gasteiger partial charge >= 0.3 is 6.09 Å². The van der Waals surface area contributed by atoms with Crippen LogP contribution in [0.3, 0.4) is 0 Å². The van der Waals surface area contributed by atoms with Crippen molar-refractivity contribution < 1.29 is 14.0 Å². The highest BCUT2D eigenvalue weighted by molar-refractivity contribution is 6.74. The lowest BCUT2D eigenvalue weighted by atomic mass is 9.78. The van der Waals surface area contributed by atoms with Crippen LogP contribution in [0.5, 0.6) is 0 Å². The van der Waals surface area contributed by atoms with Gasteiger partial charge in [0.25, 0.3) is 0 Å². The summed E-state index contributed by atoms with van der Waals surface area (Å²) in [7, 11) is -1.89. The lowest BCUT2D eigenvalue weighted by Gasteiger charge is -2.41. The first-order valence-electron chi connectivity index (χ1n) is 11.2. The van der Waals surface area contributed by atoms with Crippen LogP contribution in [-0.2, 0) is 9.16 Å². The van der Waals surface area contributed by atoms with Gasteiger partial charge < -0.3 is 9.16 Å². The Hall–Kier alpha value is -0.973. The fourth-order valence-electron chi connectivity index (χ4n) is 4.82. The molecule has 3 atom stereocenters. The summed E-state index contributed by atoms with van der Waals surface area (Å²) in [6.07, 6.45) is 7.77. The van der Waals surface area contributed by atoms with E-state index in [-0.39, 0.29) is 17.2 Å². The van der Waals surface area contributed by atoms with Crippen molar-refractivity contribution >= 4 is 14.4 Å². The molecule has 0 aromatic rings. The zero-order chi connectivity index (χ0) is 20.9. The van der Waals surface area contributed by atoms with E-state index in [0.717, 1.165) is 25.7 Å². The Balaban J connectivity index is 1.96. The van der Waals surface area contributed by atoms with Gasteiger partial charge in [-0.15, -0.1) is 0 Å². The van der Waals surface area contributed by atoms with Crippen molar-refractivity contribution in [1.29, 1.82) is 0 Å². The fourth-order valence-corrected chi connectivity index (χ4v) is 5.96. The molecule has 0 aromatic carbocycles. The number of hydrogen-bond donors (Lipinski definition) is 0. The molecule has 2 fully saturated rings. The van der Waals surface area contributed by atoms with Gasteiger partial charge in [0, 0.05) is 12.5 Å². The lowest BCUT2D eigenvalue weighted by Crippen LogP contribution is -2.45. The van der Waals surface area contributed by atoms with Crippen LogP contribution in [0.25, 0.3) is 0 Å². The Bertz CT molecular complexity index is 641. The van der Waals surface area contributed by atoms with E-state index in [9.17, 15) is 4.79 Å². The normalized spacial score (nSPS) is 28.7. The average Bonchev–Trinajstić information content (AvgIpc) is 2.84. The zero-order valence-corrected chi connectivity index (χ0v) is 20.4. The molecular weight excluding hydrogens is 366 g/mol. The highest BCUT2D eigenvalue weighted by atomic mass is 28.4. The first-order chi connectivity index (χ1) is 12.8. The van der Waals surface area contributed by atoms with Crippen LogP contribution in [-0.4, -0.2) is 37.0 Å². The predicted molar refractivity (Wildman–Crippen MR) is 117 cm³/mol. The van der Waals surface area contributed by atoms with Gasteiger partial charge in [-0.3, -0.25) is 4.90 Å². The molecule has 0 radical (unpaired) electrons. The number of hydrogen-bond acceptors (Lipinski definition) is 3. The standard InChI is InChI=1S/C23H41NO3Si/c1-22(2,3)26-21(25)24-17-13-12-16-10-9-11-19(20(16)18(24)15-14-17)27-28(7,8)23(4,5)6/h16-18H,9-15H2,1-8H3/t16-,17+,18+/m0/s1.